The molecular formula is C17H24N2O3. The van der Waals surface area contributed by atoms with Gasteiger partial charge in [-0.1, -0.05) is 24.3 Å². The molecule has 0 saturated heterocycles. The van der Waals surface area contributed by atoms with Crippen molar-refractivity contribution in [3.8, 4) is 0 Å². The maximum Gasteiger partial charge on any atom is 0.320 e. The molecule has 1 aromatic carbocycles. The van der Waals surface area contributed by atoms with Crippen molar-refractivity contribution in [3.63, 3.8) is 0 Å². The highest BCUT2D eigenvalue weighted by Gasteiger charge is 2.22. The van der Waals surface area contributed by atoms with Gasteiger partial charge in [0, 0.05) is 0 Å². The molecule has 1 amide bonds. The molecule has 120 valence electrons. The van der Waals surface area contributed by atoms with Crippen molar-refractivity contribution in [2.24, 2.45) is 0 Å². The molecule has 0 radical (unpaired) electrons. The van der Waals surface area contributed by atoms with E-state index in [1.165, 1.54) is 11.1 Å². The number of benzene rings is 1. The largest absolute Gasteiger partial charge is 0.465 e. The van der Waals surface area contributed by atoms with Gasteiger partial charge >= 0.3 is 5.97 Å². The molecule has 1 aliphatic carbocycles. The van der Waals surface area contributed by atoms with Gasteiger partial charge in [-0.25, -0.2) is 0 Å². The first-order valence-corrected chi connectivity index (χ1v) is 7.81. The minimum Gasteiger partial charge on any atom is -0.465 e. The Labute approximate surface area is 131 Å². The first kappa shape index (κ1) is 16.5. The fourth-order valence-corrected chi connectivity index (χ4v) is 2.87. The lowest BCUT2D eigenvalue weighted by atomic mass is 9.88. The predicted molar refractivity (Wildman–Crippen MR) is 84.4 cm³/mol. The molecule has 0 saturated carbocycles. The SMILES string of the molecule is CCOC(=O)CN(C)CC(=O)NC1CCCc2ccccc21. The fourth-order valence-electron chi connectivity index (χ4n) is 2.87. The Morgan fingerprint density at radius 2 is 2.09 bits per heavy atom. The molecule has 0 spiro atoms. The highest BCUT2D eigenvalue weighted by molar-refractivity contribution is 5.79. The van der Waals surface area contributed by atoms with Gasteiger partial charge in [-0.05, 0) is 44.4 Å². The Hall–Kier alpha value is -1.88. The predicted octanol–water partition coefficient (Wildman–Crippen LogP) is 1.68. The van der Waals surface area contributed by atoms with Crippen molar-refractivity contribution in [1.29, 1.82) is 0 Å². The number of esters is 1. The number of rotatable bonds is 6. The molecule has 0 aromatic heterocycles. The number of carbonyl (C=O) groups excluding carboxylic acids is 2. The van der Waals surface area contributed by atoms with E-state index in [9.17, 15) is 9.59 Å². The van der Waals surface area contributed by atoms with E-state index in [0.717, 1.165) is 19.3 Å². The Balaban J connectivity index is 1.86. The van der Waals surface area contributed by atoms with Crippen molar-refractivity contribution in [2.45, 2.75) is 32.2 Å². The van der Waals surface area contributed by atoms with Gasteiger partial charge in [0.05, 0.1) is 25.7 Å². The molecule has 5 nitrogen and oxygen atoms in total. The molecule has 0 aliphatic heterocycles. The van der Waals surface area contributed by atoms with Crippen molar-refractivity contribution < 1.29 is 14.3 Å². The Kier molecular flexibility index (Phi) is 5.95. The zero-order valence-corrected chi connectivity index (χ0v) is 13.3. The summed E-state index contributed by atoms with van der Waals surface area (Å²) in [7, 11) is 1.74. The zero-order chi connectivity index (χ0) is 15.9. The minimum atomic E-state index is -0.305. The summed E-state index contributed by atoms with van der Waals surface area (Å²) < 4.78 is 4.88. The van der Waals surface area contributed by atoms with Crippen LogP contribution in [0.4, 0.5) is 0 Å². The molecule has 2 rings (SSSR count). The van der Waals surface area contributed by atoms with Gasteiger partial charge in [0.15, 0.2) is 0 Å². The number of aryl methyl sites for hydroxylation is 1. The maximum absolute atomic E-state index is 12.2. The molecule has 0 fully saturated rings. The minimum absolute atomic E-state index is 0.0616. The lowest BCUT2D eigenvalue weighted by Gasteiger charge is -2.27. The van der Waals surface area contributed by atoms with Crippen LogP contribution in [0.2, 0.25) is 0 Å². The first-order chi connectivity index (χ1) is 10.6. The summed E-state index contributed by atoms with van der Waals surface area (Å²) >= 11 is 0. The molecular weight excluding hydrogens is 280 g/mol. The van der Waals surface area contributed by atoms with Gasteiger partial charge in [-0.3, -0.25) is 14.5 Å². The summed E-state index contributed by atoms with van der Waals surface area (Å²) in [5.41, 5.74) is 2.54. The van der Waals surface area contributed by atoms with Crippen LogP contribution in [0.3, 0.4) is 0 Å². The van der Waals surface area contributed by atoms with Crippen molar-refractivity contribution >= 4 is 11.9 Å². The molecule has 5 heteroatoms. The Morgan fingerprint density at radius 3 is 2.86 bits per heavy atom. The lowest BCUT2D eigenvalue weighted by Crippen LogP contribution is -2.40. The van der Waals surface area contributed by atoms with Crippen LogP contribution in [0.15, 0.2) is 24.3 Å². The van der Waals surface area contributed by atoms with E-state index in [-0.39, 0.29) is 31.0 Å². The molecule has 1 aromatic rings. The lowest BCUT2D eigenvalue weighted by molar-refractivity contribution is -0.144. The van der Waals surface area contributed by atoms with Gasteiger partial charge in [0.25, 0.3) is 0 Å². The van der Waals surface area contributed by atoms with Crippen LogP contribution in [0.1, 0.15) is 36.9 Å². The molecule has 0 heterocycles. The second kappa shape index (κ2) is 7.94. The number of hydrogen-bond donors (Lipinski definition) is 1. The van der Waals surface area contributed by atoms with E-state index in [0.29, 0.717) is 6.61 Å². The number of amides is 1. The van der Waals surface area contributed by atoms with Crippen molar-refractivity contribution in [2.75, 3.05) is 26.7 Å². The maximum atomic E-state index is 12.2. The van der Waals surface area contributed by atoms with Gasteiger partial charge in [-0.15, -0.1) is 0 Å². The summed E-state index contributed by atoms with van der Waals surface area (Å²) in [6.45, 7) is 2.45. The molecule has 1 N–H and O–H groups in total. The van der Waals surface area contributed by atoms with Crippen LogP contribution < -0.4 is 5.32 Å². The van der Waals surface area contributed by atoms with Crippen LogP contribution in [0, 0.1) is 0 Å². The smallest absolute Gasteiger partial charge is 0.320 e. The molecule has 1 atom stereocenters. The first-order valence-electron chi connectivity index (χ1n) is 7.81. The number of carbonyl (C=O) groups is 2. The van der Waals surface area contributed by atoms with Crippen molar-refractivity contribution in [3.05, 3.63) is 35.4 Å². The number of likely N-dealkylation sites (N-methyl/N-ethyl adjacent to an activating group) is 1. The van der Waals surface area contributed by atoms with E-state index in [1.54, 1.807) is 18.9 Å². The van der Waals surface area contributed by atoms with Crippen molar-refractivity contribution in [1.82, 2.24) is 10.2 Å². The monoisotopic (exact) mass is 304 g/mol. The van der Waals surface area contributed by atoms with E-state index >= 15 is 0 Å². The third kappa shape index (κ3) is 4.56. The van der Waals surface area contributed by atoms with Gasteiger partial charge < -0.3 is 10.1 Å². The summed E-state index contributed by atoms with van der Waals surface area (Å²) in [5, 5.41) is 3.08. The summed E-state index contributed by atoms with van der Waals surface area (Å²) in [4.78, 5) is 25.2. The number of fused-ring (bicyclic) bond motifs is 1. The van der Waals surface area contributed by atoms with E-state index < -0.39 is 0 Å². The highest BCUT2D eigenvalue weighted by Crippen LogP contribution is 2.29. The standard InChI is InChI=1S/C17H24N2O3/c1-3-22-17(21)12-19(2)11-16(20)18-15-10-6-8-13-7-4-5-9-14(13)15/h4-5,7,9,15H,3,6,8,10-12H2,1-2H3,(H,18,20). The molecule has 0 bridgehead atoms. The zero-order valence-electron chi connectivity index (χ0n) is 13.3. The molecule has 22 heavy (non-hydrogen) atoms. The quantitative estimate of drug-likeness (QED) is 0.812. The summed E-state index contributed by atoms with van der Waals surface area (Å²) in [6, 6.07) is 8.34. The average Bonchev–Trinajstić information content (AvgIpc) is 2.47. The third-order valence-corrected chi connectivity index (χ3v) is 3.82. The van der Waals surface area contributed by atoms with Crippen LogP contribution in [-0.2, 0) is 20.7 Å². The van der Waals surface area contributed by atoms with E-state index in [2.05, 4.69) is 17.4 Å². The van der Waals surface area contributed by atoms with Crippen LogP contribution in [0.5, 0.6) is 0 Å². The van der Waals surface area contributed by atoms with Crippen LogP contribution in [-0.4, -0.2) is 43.5 Å². The Bertz CT molecular complexity index is 530. The molecule has 1 unspecified atom stereocenters. The average molecular weight is 304 g/mol. The second-order valence-electron chi connectivity index (χ2n) is 5.69. The Morgan fingerprint density at radius 1 is 1.32 bits per heavy atom. The highest BCUT2D eigenvalue weighted by atomic mass is 16.5. The number of hydrogen-bond acceptors (Lipinski definition) is 4. The number of ether oxygens (including phenoxy) is 1. The van der Waals surface area contributed by atoms with E-state index in [4.69, 9.17) is 4.74 Å². The summed E-state index contributed by atoms with van der Waals surface area (Å²) in [5.74, 6) is -0.366. The summed E-state index contributed by atoms with van der Waals surface area (Å²) in [6.07, 6.45) is 3.12. The number of nitrogens with zero attached hydrogens (tertiary/aromatic N) is 1. The normalized spacial score (nSPS) is 17.0. The molecule has 1 aliphatic rings. The van der Waals surface area contributed by atoms with Crippen LogP contribution in [0.25, 0.3) is 0 Å². The van der Waals surface area contributed by atoms with Gasteiger partial charge in [0.2, 0.25) is 5.91 Å². The second-order valence-corrected chi connectivity index (χ2v) is 5.69. The van der Waals surface area contributed by atoms with Gasteiger partial charge in [0.1, 0.15) is 0 Å². The van der Waals surface area contributed by atoms with Crippen LogP contribution >= 0.6 is 0 Å². The fraction of sp³-hybridized carbons (Fsp3) is 0.529. The third-order valence-electron chi connectivity index (χ3n) is 3.82. The topological polar surface area (TPSA) is 58.6 Å². The number of nitrogens with one attached hydrogen (secondary N) is 1. The van der Waals surface area contributed by atoms with Gasteiger partial charge in [-0.2, -0.15) is 0 Å². The van der Waals surface area contributed by atoms with E-state index in [1.807, 2.05) is 12.1 Å².